The van der Waals surface area contributed by atoms with E-state index >= 15 is 0 Å². The van der Waals surface area contributed by atoms with Crippen LogP contribution < -0.4 is 16.2 Å². The second kappa shape index (κ2) is 10.6. The van der Waals surface area contributed by atoms with Crippen molar-refractivity contribution in [1.29, 1.82) is 0 Å². The van der Waals surface area contributed by atoms with E-state index < -0.39 is 12.7 Å². The third-order valence-electron chi connectivity index (χ3n) is 6.85. The maximum atomic E-state index is 13.1. The lowest BCUT2D eigenvalue weighted by Gasteiger charge is -2.20. The van der Waals surface area contributed by atoms with E-state index in [1.165, 1.54) is 6.08 Å². The predicted octanol–water partition coefficient (Wildman–Crippen LogP) is 4.01. The highest BCUT2D eigenvalue weighted by Crippen LogP contribution is 2.36. The molecule has 11 heteroatoms. The van der Waals surface area contributed by atoms with Crippen LogP contribution in [0.5, 0.6) is 0 Å². The summed E-state index contributed by atoms with van der Waals surface area (Å²) in [5.74, 6) is 0.699. The molecule has 4 heterocycles. The van der Waals surface area contributed by atoms with E-state index in [1.54, 1.807) is 42.2 Å². The summed E-state index contributed by atoms with van der Waals surface area (Å²) in [6.07, 6.45) is 9.18. The van der Waals surface area contributed by atoms with Gasteiger partial charge < -0.3 is 15.4 Å². The average molecular weight is 523 g/mol. The zero-order valence-corrected chi connectivity index (χ0v) is 20.9. The van der Waals surface area contributed by atoms with E-state index in [-0.39, 0.29) is 23.1 Å². The lowest BCUT2D eigenvalue weighted by Crippen LogP contribution is -2.18. The maximum Gasteiger partial charge on any atom is 0.387 e. The van der Waals surface area contributed by atoms with Crippen molar-refractivity contribution in [3.05, 3.63) is 77.1 Å². The van der Waals surface area contributed by atoms with Gasteiger partial charge in [-0.15, -0.1) is 0 Å². The van der Waals surface area contributed by atoms with Crippen LogP contribution in [-0.2, 0) is 16.1 Å². The van der Waals surface area contributed by atoms with Crippen molar-refractivity contribution in [2.24, 2.45) is 5.92 Å². The number of allylic oxidation sites excluding steroid dienone is 4. The fourth-order valence-corrected chi connectivity index (χ4v) is 4.96. The Morgan fingerprint density at radius 2 is 2.08 bits per heavy atom. The Balaban J connectivity index is 1.42. The average Bonchev–Trinajstić information content (AvgIpc) is 3.61. The van der Waals surface area contributed by atoms with Gasteiger partial charge in [0.05, 0.1) is 16.9 Å². The quantitative estimate of drug-likeness (QED) is 0.325. The normalized spacial score (nSPS) is 19.4. The first-order chi connectivity index (χ1) is 18.4. The molecule has 0 saturated carbocycles. The molecule has 9 nitrogen and oxygen atoms in total. The molecule has 38 heavy (non-hydrogen) atoms. The van der Waals surface area contributed by atoms with Crippen molar-refractivity contribution < 1.29 is 18.3 Å². The third kappa shape index (κ3) is 4.96. The zero-order chi connectivity index (χ0) is 26.8. The molecule has 2 aromatic heterocycles. The molecule has 198 valence electrons. The molecule has 0 aliphatic carbocycles. The van der Waals surface area contributed by atoms with Gasteiger partial charge in [-0.05, 0) is 37.1 Å². The minimum atomic E-state index is -2.99. The van der Waals surface area contributed by atoms with Gasteiger partial charge in [-0.25, -0.2) is 14.6 Å². The topological polar surface area (TPSA) is 103 Å². The first kappa shape index (κ1) is 25.4. The van der Waals surface area contributed by atoms with Gasteiger partial charge >= 0.3 is 6.61 Å². The molecule has 0 unspecified atom stereocenters. The van der Waals surface area contributed by atoms with Crippen LogP contribution in [0.1, 0.15) is 25.8 Å². The molecule has 1 aromatic carbocycles. The molecular weight excluding hydrogens is 494 g/mol. The predicted molar refractivity (Wildman–Crippen MR) is 140 cm³/mol. The molecule has 3 aromatic rings. The number of amides is 1. The smallest absolute Gasteiger partial charge is 0.387 e. The number of nitrogens with zero attached hydrogens (tertiary/aromatic N) is 4. The maximum absolute atomic E-state index is 13.1. The minimum Gasteiger partial charge on any atom is -0.434 e. The highest BCUT2D eigenvalue weighted by atomic mass is 19.3. The Morgan fingerprint density at radius 3 is 2.76 bits per heavy atom. The van der Waals surface area contributed by atoms with E-state index in [0.717, 1.165) is 11.1 Å². The summed E-state index contributed by atoms with van der Waals surface area (Å²) < 4.78 is 34.4. The van der Waals surface area contributed by atoms with Crippen LogP contribution in [0.3, 0.4) is 0 Å². The van der Waals surface area contributed by atoms with Crippen LogP contribution in [0.4, 0.5) is 14.7 Å². The molecule has 0 radical (unpaired) electrons. The number of anilines is 1. The third-order valence-corrected chi connectivity index (χ3v) is 6.85. The molecule has 2 N–H and O–H groups in total. The van der Waals surface area contributed by atoms with Crippen molar-refractivity contribution in [2.45, 2.75) is 39.0 Å². The first-order valence-corrected chi connectivity index (χ1v) is 12.4. The second-order valence-corrected chi connectivity index (χ2v) is 9.32. The number of hydrogen-bond donors (Lipinski definition) is 2. The summed E-state index contributed by atoms with van der Waals surface area (Å²) in [5.41, 5.74) is 2.45. The molecule has 1 saturated heterocycles. The van der Waals surface area contributed by atoms with Gasteiger partial charge in [-0.1, -0.05) is 24.8 Å². The van der Waals surface area contributed by atoms with E-state index in [4.69, 9.17) is 4.74 Å². The number of benzene rings is 1. The lowest BCUT2D eigenvalue weighted by atomic mass is 10.0. The number of ether oxygens (including phenoxy) is 1. The van der Waals surface area contributed by atoms with Crippen LogP contribution >= 0.6 is 0 Å². The van der Waals surface area contributed by atoms with E-state index in [2.05, 4.69) is 27.2 Å². The summed E-state index contributed by atoms with van der Waals surface area (Å²) >= 11 is 0. The van der Waals surface area contributed by atoms with Crippen molar-refractivity contribution >= 4 is 22.8 Å². The fraction of sp³-hybridized carbons (Fsp3) is 0.333. The number of nitrogens with one attached hydrogen (secondary N) is 2. The number of alkyl halides is 2. The Bertz CT molecular complexity index is 1490. The summed E-state index contributed by atoms with van der Waals surface area (Å²) in [4.78, 5) is 33.2. The fourth-order valence-electron chi connectivity index (χ4n) is 4.96. The van der Waals surface area contributed by atoms with Gasteiger partial charge in [0, 0.05) is 55.5 Å². The Morgan fingerprint density at radius 1 is 1.29 bits per heavy atom. The molecule has 0 spiro atoms. The number of carbonyl (C=O) groups excluding carboxylic acids is 1. The SMILES string of the molecule is C=C(/C(=C\C=C/C)OC(F)F)[C@@H]1CCn2c(=O)c3ccc(-c4cnc(NC[C@@H]5CNC(=O)C5)nc4)cc3n21. The van der Waals surface area contributed by atoms with Crippen LogP contribution in [0.15, 0.2) is 71.5 Å². The minimum absolute atomic E-state index is 0.0174. The molecule has 0 bridgehead atoms. The van der Waals surface area contributed by atoms with Crippen LogP contribution in [0, 0.1) is 5.92 Å². The molecule has 2 aliphatic heterocycles. The summed E-state index contributed by atoms with van der Waals surface area (Å²) in [5, 5.41) is 6.49. The number of aromatic nitrogens is 4. The van der Waals surface area contributed by atoms with Crippen LogP contribution in [0.2, 0.25) is 0 Å². The Hall–Kier alpha value is -4.28. The number of hydrogen-bond acceptors (Lipinski definition) is 6. The molecule has 1 amide bonds. The van der Waals surface area contributed by atoms with Gasteiger partial charge in [0.2, 0.25) is 11.9 Å². The van der Waals surface area contributed by atoms with Crippen LogP contribution in [0.25, 0.3) is 22.0 Å². The van der Waals surface area contributed by atoms with Crippen molar-refractivity contribution in [3.8, 4) is 11.1 Å². The summed E-state index contributed by atoms with van der Waals surface area (Å²) in [6, 6.07) is 5.05. The van der Waals surface area contributed by atoms with Crippen molar-refractivity contribution in [3.63, 3.8) is 0 Å². The van der Waals surface area contributed by atoms with Gasteiger partial charge in [0.1, 0.15) is 5.76 Å². The van der Waals surface area contributed by atoms with E-state index in [0.29, 0.717) is 54.9 Å². The molecule has 1 fully saturated rings. The van der Waals surface area contributed by atoms with Gasteiger partial charge in [-0.3, -0.25) is 14.3 Å². The van der Waals surface area contributed by atoms with E-state index in [9.17, 15) is 18.4 Å². The summed E-state index contributed by atoms with van der Waals surface area (Å²) in [6.45, 7) is 4.50. The Kier molecular flexibility index (Phi) is 7.08. The second-order valence-electron chi connectivity index (χ2n) is 9.32. The first-order valence-electron chi connectivity index (χ1n) is 12.4. The van der Waals surface area contributed by atoms with Crippen molar-refractivity contribution in [1.82, 2.24) is 24.6 Å². The van der Waals surface area contributed by atoms with Crippen LogP contribution in [-0.4, -0.2) is 44.9 Å². The monoisotopic (exact) mass is 522 g/mol. The largest absolute Gasteiger partial charge is 0.434 e. The number of halogens is 2. The zero-order valence-electron chi connectivity index (χ0n) is 20.9. The van der Waals surface area contributed by atoms with Crippen molar-refractivity contribution in [2.75, 3.05) is 18.4 Å². The van der Waals surface area contributed by atoms with Gasteiger partial charge in [0.25, 0.3) is 5.56 Å². The highest BCUT2D eigenvalue weighted by Gasteiger charge is 2.31. The van der Waals surface area contributed by atoms with Gasteiger partial charge in [-0.2, -0.15) is 8.78 Å². The molecule has 2 atom stereocenters. The summed E-state index contributed by atoms with van der Waals surface area (Å²) in [7, 11) is 0. The molecular formula is C27H28F2N6O3. The number of rotatable bonds is 9. The standard InChI is InChI=1S/C27H28F2N6O3/c1-3-4-5-23(38-26(28)29)16(2)21-8-9-34-25(37)20-7-6-18(11-22(20)35(21)34)19-14-32-27(33-15-19)31-13-17-10-24(36)30-12-17/h3-7,11,14-15,17,21,26H,2,8-10,12-13H2,1H3,(H,30,36)(H,31,32,33)/b4-3-,23-5+/t17-,21-/m0/s1. The number of fused-ring (bicyclic) bond motifs is 3. The molecule has 5 rings (SSSR count). The molecule has 2 aliphatic rings. The highest BCUT2D eigenvalue weighted by molar-refractivity contribution is 5.84. The Labute approximate surface area is 217 Å². The number of carbonyl (C=O) groups is 1. The van der Waals surface area contributed by atoms with Gasteiger partial charge in [0.15, 0.2) is 0 Å². The lowest BCUT2D eigenvalue weighted by molar-refractivity contribution is -0.119. The van der Waals surface area contributed by atoms with E-state index in [1.807, 2.05) is 16.8 Å².